The van der Waals surface area contributed by atoms with E-state index >= 15 is 0 Å². The number of carboxylic acid groups (broad SMARTS) is 1. The van der Waals surface area contributed by atoms with Gasteiger partial charge in [0.1, 0.15) is 11.5 Å². The molecule has 0 atom stereocenters. The van der Waals surface area contributed by atoms with E-state index in [9.17, 15) is 4.79 Å². The van der Waals surface area contributed by atoms with E-state index in [2.05, 4.69) is 5.32 Å². The molecule has 5 nitrogen and oxygen atoms in total. The molecule has 0 radical (unpaired) electrons. The van der Waals surface area contributed by atoms with Gasteiger partial charge >= 0.3 is 5.97 Å². The van der Waals surface area contributed by atoms with Gasteiger partial charge in [0, 0.05) is 6.54 Å². The molecule has 2 N–H and O–H groups in total. The Hall–Kier alpha value is -2.69. The highest BCUT2D eigenvalue weighted by Gasteiger charge is 2.08. The molecule has 0 heterocycles. The maximum Gasteiger partial charge on any atom is 0.335 e. The van der Waals surface area contributed by atoms with Gasteiger partial charge < -0.3 is 19.9 Å². The van der Waals surface area contributed by atoms with Gasteiger partial charge in [-0.05, 0) is 35.9 Å². The summed E-state index contributed by atoms with van der Waals surface area (Å²) in [5, 5.41) is 12.2. The van der Waals surface area contributed by atoms with E-state index in [0.29, 0.717) is 18.0 Å². The van der Waals surface area contributed by atoms with E-state index in [1.165, 1.54) is 6.07 Å². The van der Waals surface area contributed by atoms with Crippen molar-refractivity contribution < 1.29 is 19.4 Å². The van der Waals surface area contributed by atoms with Gasteiger partial charge in [-0.15, -0.1) is 0 Å². The second kappa shape index (κ2) is 6.65. The summed E-state index contributed by atoms with van der Waals surface area (Å²) in [7, 11) is 3.17. The molecule has 0 amide bonds. The topological polar surface area (TPSA) is 67.8 Å². The van der Waals surface area contributed by atoms with Gasteiger partial charge in [-0.25, -0.2) is 4.79 Å². The summed E-state index contributed by atoms with van der Waals surface area (Å²) in [5.41, 5.74) is 1.92. The molecule has 5 heteroatoms. The van der Waals surface area contributed by atoms with Crippen LogP contribution < -0.4 is 14.8 Å². The van der Waals surface area contributed by atoms with Crippen molar-refractivity contribution in [3.63, 3.8) is 0 Å². The lowest BCUT2D eigenvalue weighted by molar-refractivity contribution is 0.0697. The zero-order chi connectivity index (χ0) is 15.2. The fourth-order valence-corrected chi connectivity index (χ4v) is 1.92. The smallest absolute Gasteiger partial charge is 0.335 e. The van der Waals surface area contributed by atoms with Gasteiger partial charge in [-0.1, -0.05) is 12.1 Å². The number of benzene rings is 2. The molecule has 2 aromatic rings. The Morgan fingerprint density at radius 1 is 1.10 bits per heavy atom. The number of nitrogens with one attached hydrogen (secondary N) is 1. The first-order valence-electron chi connectivity index (χ1n) is 6.42. The average molecular weight is 287 g/mol. The summed E-state index contributed by atoms with van der Waals surface area (Å²) in [6.45, 7) is 0.559. The lowest BCUT2D eigenvalue weighted by atomic mass is 10.1. The fraction of sp³-hybridized carbons (Fsp3) is 0.188. The Labute approximate surface area is 123 Å². The zero-order valence-corrected chi connectivity index (χ0v) is 11.9. The molecule has 2 aromatic carbocycles. The van der Waals surface area contributed by atoms with Gasteiger partial charge in [0.2, 0.25) is 0 Å². The molecule has 0 spiro atoms. The molecule has 0 bridgehead atoms. The molecule has 2 rings (SSSR count). The second-order valence-corrected chi connectivity index (χ2v) is 4.42. The van der Waals surface area contributed by atoms with Crippen LogP contribution in [0.15, 0.2) is 42.5 Å². The first kappa shape index (κ1) is 14.7. The molecule has 0 aromatic heterocycles. The second-order valence-electron chi connectivity index (χ2n) is 4.42. The third-order valence-electron chi connectivity index (χ3n) is 3.09. The highest BCUT2D eigenvalue weighted by atomic mass is 16.5. The standard InChI is InChI=1S/C16H17NO4/c1-20-13-6-3-11(4-7-13)10-17-14-9-12(16(18)19)5-8-15(14)21-2/h3-9,17H,10H2,1-2H3,(H,18,19). The van der Waals surface area contributed by atoms with Gasteiger partial charge in [0.25, 0.3) is 0 Å². The SMILES string of the molecule is COc1ccc(CNc2cc(C(=O)O)ccc2OC)cc1. The molecular formula is C16H17NO4. The summed E-state index contributed by atoms with van der Waals surface area (Å²) >= 11 is 0. The molecule has 0 aliphatic carbocycles. The van der Waals surface area contributed by atoms with Crippen LogP contribution in [-0.4, -0.2) is 25.3 Å². The van der Waals surface area contributed by atoms with Gasteiger partial charge in [0.15, 0.2) is 0 Å². The van der Waals surface area contributed by atoms with Crippen LogP contribution in [0.2, 0.25) is 0 Å². The highest BCUT2D eigenvalue weighted by Crippen LogP contribution is 2.26. The Morgan fingerprint density at radius 2 is 1.81 bits per heavy atom. The molecule has 0 unspecified atom stereocenters. The van der Waals surface area contributed by atoms with Crippen molar-refractivity contribution in [3.05, 3.63) is 53.6 Å². The summed E-state index contributed by atoms with van der Waals surface area (Å²) in [4.78, 5) is 11.0. The highest BCUT2D eigenvalue weighted by molar-refractivity contribution is 5.89. The minimum Gasteiger partial charge on any atom is -0.497 e. The summed E-state index contributed by atoms with van der Waals surface area (Å²) in [6, 6.07) is 12.4. The number of carboxylic acids is 1. The minimum absolute atomic E-state index is 0.216. The maximum absolute atomic E-state index is 11.0. The lowest BCUT2D eigenvalue weighted by Crippen LogP contribution is -2.04. The number of carbonyl (C=O) groups is 1. The number of methoxy groups -OCH3 is 2. The van der Waals surface area contributed by atoms with Crippen LogP contribution in [0, 0.1) is 0 Å². The van der Waals surface area contributed by atoms with Gasteiger partial charge in [0.05, 0.1) is 25.5 Å². The largest absolute Gasteiger partial charge is 0.497 e. The summed E-state index contributed by atoms with van der Waals surface area (Å²) in [6.07, 6.45) is 0. The third kappa shape index (κ3) is 3.66. The molecule has 0 fully saturated rings. The Bertz CT molecular complexity index is 623. The fourth-order valence-electron chi connectivity index (χ4n) is 1.92. The number of hydrogen-bond donors (Lipinski definition) is 2. The number of anilines is 1. The Morgan fingerprint density at radius 3 is 2.38 bits per heavy atom. The van der Waals surface area contributed by atoms with Gasteiger partial charge in [-0.2, -0.15) is 0 Å². The van der Waals surface area contributed by atoms with E-state index < -0.39 is 5.97 Å². The lowest BCUT2D eigenvalue weighted by Gasteiger charge is -2.12. The van der Waals surface area contributed by atoms with Crippen LogP contribution >= 0.6 is 0 Å². The van der Waals surface area contributed by atoms with Crippen LogP contribution in [0.5, 0.6) is 11.5 Å². The van der Waals surface area contributed by atoms with Crippen molar-refractivity contribution >= 4 is 11.7 Å². The molecule has 0 saturated carbocycles. The monoisotopic (exact) mass is 287 g/mol. The first-order valence-corrected chi connectivity index (χ1v) is 6.42. The maximum atomic E-state index is 11.0. The summed E-state index contributed by atoms with van der Waals surface area (Å²) in [5.74, 6) is 0.433. The molecule has 0 saturated heterocycles. The minimum atomic E-state index is -0.967. The van der Waals surface area contributed by atoms with E-state index in [1.807, 2.05) is 24.3 Å². The van der Waals surface area contributed by atoms with E-state index in [1.54, 1.807) is 26.4 Å². The number of hydrogen-bond acceptors (Lipinski definition) is 4. The normalized spacial score (nSPS) is 10.0. The van der Waals surface area contributed by atoms with Crippen LogP contribution in [0.25, 0.3) is 0 Å². The van der Waals surface area contributed by atoms with Crippen molar-refractivity contribution in [3.8, 4) is 11.5 Å². The predicted molar refractivity (Wildman–Crippen MR) is 80.3 cm³/mol. The molecule has 0 aliphatic heterocycles. The van der Waals surface area contributed by atoms with Crippen molar-refractivity contribution in [2.24, 2.45) is 0 Å². The van der Waals surface area contributed by atoms with Crippen molar-refractivity contribution in [2.75, 3.05) is 19.5 Å². The molecular weight excluding hydrogens is 270 g/mol. The van der Waals surface area contributed by atoms with Crippen LogP contribution in [0.4, 0.5) is 5.69 Å². The number of rotatable bonds is 6. The van der Waals surface area contributed by atoms with E-state index in [0.717, 1.165) is 11.3 Å². The zero-order valence-electron chi connectivity index (χ0n) is 11.9. The quantitative estimate of drug-likeness (QED) is 0.854. The first-order chi connectivity index (χ1) is 10.1. The Balaban J connectivity index is 2.13. The molecule has 21 heavy (non-hydrogen) atoms. The third-order valence-corrected chi connectivity index (χ3v) is 3.09. The molecule has 110 valence electrons. The number of aromatic carboxylic acids is 1. The number of ether oxygens (including phenoxy) is 2. The Kier molecular flexibility index (Phi) is 4.66. The van der Waals surface area contributed by atoms with Crippen LogP contribution in [-0.2, 0) is 6.54 Å². The van der Waals surface area contributed by atoms with Crippen molar-refractivity contribution in [1.29, 1.82) is 0 Å². The summed E-state index contributed by atoms with van der Waals surface area (Å²) < 4.78 is 10.3. The van der Waals surface area contributed by atoms with Gasteiger partial charge in [-0.3, -0.25) is 0 Å². The van der Waals surface area contributed by atoms with E-state index in [-0.39, 0.29) is 5.56 Å². The average Bonchev–Trinajstić information content (AvgIpc) is 2.53. The van der Waals surface area contributed by atoms with Crippen LogP contribution in [0.1, 0.15) is 15.9 Å². The van der Waals surface area contributed by atoms with Crippen molar-refractivity contribution in [1.82, 2.24) is 0 Å². The van der Waals surface area contributed by atoms with E-state index in [4.69, 9.17) is 14.6 Å². The van der Waals surface area contributed by atoms with Crippen LogP contribution in [0.3, 0.4) is 0 Å². The van der Waals surface area contributed by atoms with Crippen molar-refractivity contribution in [2.45, 2.75) is 6.54 Å². The predicted octanol–water partition coefficient (Wildman–Crippen LogP) is 3.01. The molecule has 0 aliphatic rings.